The van der Waals surface area contributed by atoms with Crippen molar-refractivity contribution < 1.29 is 34.5 Å². The highest BCUT2D eigenvalue weighted by Gasteiger charge is 2.45. The average Bonchev–Trinajstić information content (AvgIpc) is 3.11. The molecule has 0 nitrogen and oxygen atoms in total. The smallest absolute Gasteiger partial charge is 0.418 e. The lowest BCUT2D eigenvalue weighted by Crippen LogP contribution is -2.32. The minimum atomic E-state index is -6.00. The number of hydrogen-bond acceptors (Lipinski definition) is 0. The first kappa shape index (κ1) is 30.0. The molecule has 0 spiro atoms. The molecule has 0 heterocycles. The zero-order valence-corrected chi connectivity index (χ0v) is 20.4. The van der Waals surface area contributed by atoms with Gasteiger partial charge in [0.05, 0.1) is 5.56 Å². The van der Waals surface area contributed by atoms with Gasteiger partial charge in [0, 0.05) is 36.4 Å². The van der Waals surface area contributed by atoms with Crippen molar-refractivity contribution in [1.29, 1.82) is 0 Å². The third-order valence-electron chi connectivity index (χ3n) is 4.96. The lowest BCUT2D eigenvalue weighted by molar-refractivity contribution is 0.366. The standard InChI is InChI=1S/C26H23P.2BF4/c1-2-7-15-23(14-6-1)22-27(24-16-8-3-9-17-24,25-18-10-4-11-19-25)26-20-12-5-13-21-26;2*2-1(3,4)5/h1-21H,22H2;;/q+2;2*-1. The van der Waals surface area contributed by atoms with Crippen LogP contribution in [0.4, 0.5) is 34.5 Å². The number of hydrogen-bond donors (Lipinski definition) is 0. The van der Waals surface area contributed by atoms with Crippen molar-refractivity contribution in [2.24, 2.45) is 0 Å². The summed E-state index contributed by atoms with van der Waals surface area (Å²) in [5, 5.41) is 4.27. The first-order valence-corrected chi connectivity index (χ1v) is 13.0. The van der Waals surface area contributed by atoms with E-state index in [0.717, 1.165) is 6.16 Å². The molecule has 0 saturated heterocycles. The summed E-state index contributed by atoms with van der Waals surface area (Å²) in [5.74, 6) is 0. The first-order chi connectivity index (χ1) is 17.4. The molecular weight excluding hydrogens is 517 g/mol. The van der Waals surface area contributed by atoms with Gasteiger partial charge in [-0.25, -0.2) is 0 Å². The molecule has 0 unspecified atom stereocenters. The van der Waals surface area contributed by atoms with E-state index in [1.807, 2.05) is 0 Å². The molecule has 0 bridgehead atoms. The van der Waals surface area contributed by atoms with Crippen molar-refractivity contribution in [3.63, 3.8) is 0 Å². The van der Waals surface area contributed by atoms with Crippen LogP contribution in [0.3, 0.4) is 0 Å². The van der Waals surface area contributed by atoms with Gasteiger partial charge in [-0.15, -0.1) is 0 Å². The summed E-state index contributed by atoms with van der Waals surface area (Å²) in [7, 11) is -13.8. The lowest BCUT2D eigenvalue weighted by atomic mass is 10.3. The van der Waals surface area contributed by atoms with Gasteiger partial charge in [-0.3, -0.25) is 0 Å². The normalized spacial score (nSPS) is 11.4. The van der Waals surface area contributed by atoms with Gasteiger partial charge in [0.1, 0.15) is 29.3 Å². The summed E-state index contributed by atoms with van der Waals surface area (Å²) in [5.41, 5.74) is 1.37. The summed E-state index contributed by atoms with van der Waals surface area (Å²) in [4.78, 5) is 0. The Kier molecular flexibility index (Phi) is 11.3. The van der Waals surface area contributed by atoms with E-state index in [1.165, 1.54) is 21.5 Å². The van der Waals surface area contributed by atoms with Crippen molar-refractivity contribution >= 4 is 37.7 Å². The largest absolute Gasteiger partial charge is 0.673 e. The Hall–Kier alpha value is -3.25. The Morgan fingerprint density at radius 3 is 1.16 bits per heavy atom. The highest BCUT2D eigenvalue weighted by atomic mass is 31.2. The van der Waals surface area contributed by atoms with Crippen LogP contribution in [0.1, 0.15) is 5.56 Å². The van der Waals surface area contributed by atoms with Crippen LogP contribution < -0.4 is 15.9 Å². The molecular formula is C26H23B2F8P. The van der Waals surface area contributed by atoms with Crippen LogP contribution in [0.25, 0.3) is 0 Å². The zero-order valence-electron chi connectivity index (χ0n) is 19.5. The minimum absolute atomic E-state index is 1.01. The Bertz CT molecular complexity index is 1060. The summed E-state index contributed by atoms with van der Waals surface area (Å²) < 4.78 is 78.0. The van der Waals surface area contributed by atoms with E-state index in [2.05, 4.69) is 127 Å². The highest BCUT2D eigenvalue weighted by molar-refractivity contribution is 7.95. The van der Waals surface area contributed by atoms with Gasteiger partial charge in [-0.2, -0.15) is 0 Å². The third kappa shape index (κ3) is 11.1. The monoisotopic (exact) mass is 540 g/mol. The van der Waals surface area contributed by atoms with Gasteiger partial charge in [0.25, 0.3) is 0 Å². The van der Waals surface area contributed by atoms with Crippen LogP contribution in [-0.4, -0.2) is 14.5 Å². The lowest BCUT2D eigenvalue weighted by Gasteiger charge is -2.27. The summed E-state index contributed by atoms with van der Waals surface area (Å²) >= 11 is 0. The predicted molar refractivity (Wildman–Crippen MR) is 140 cm³/mol. The third-order valence-corrected chi connectivity index (χ3v) is 9.34. The Morgan fingerprint density at radius 2 is 0.811 bits per heavy atom. The quantitative estimate of drug-likeness (QED) is 0.104. The van der Waals surface area contributed by atoms with E-state index in [0.29, 0.717) is 0 Å². The van der Waals surface area contributed by atoms with Gasteiger partial charge < -0.3 is 34.5 Å². The van der Waals surface area contributed by atoms with Gasteiger partial charge >= 0.3 is 14.5 Å². The number of benzene rings is 3. The molecule has 0 radical (unpaired) electrons. The molecule has 0 aliphatic carbocycles. The molecule has 0 aliphatic rings. The highest BCUT2D eigenvalue weighted by Crippen LogP contribution is 2.58. The minimum Gasteiger partial charge on any atom is -0.418 e. The van der Waals surface area contributed by atoms with Gasteiger partial charge in [-0.1, -0.05) is 54.6 Å². The predicted octanol–water partition coefficient (Wildman–Crippen LogP) is 8.06. The first-order valence-electron chi connectivity index (χ1n) is 11.1. The molecule has 194 valence electrons. The summed E-state index contributed by atoms with van der Waals surface area (Å²) in [6.07, 6.45) is 1.01. The van der Waals surface area contributed by atoms with Crippen molar-refractivity contribution in [3.05, 3.63) is 133 Å². The molecule has 37 heavy (non-hydrogen) atoms. The van der Waals surface area contributed by atoms with Gasteiger partial charge in [0.2, 0.25) is 0 Å². The fourth-order valence-corrected chi connectivity index (χ4v) is 7.93. The molecule has 0 amide bonds. The van der Waals surface area contributed by atoms with E-state index >= 15 is 0 Å². The molecule has 0 saturated carbocycles. The molecule has 4 aromatic carbocycles. The van der Waals surface area contributed by atoms with Gasteiger partial charge in [-0.05, 0) is 36.4 Å². The second kappa shape index (κ2) is 13.9. The van der Waals surface area contributed by atoms with Crippen LogP contribution in [0.15, 0.2) is 127 Å². The topological polar surface area (TPSA) is 0 Å². The van der Waals surface area contributed by atoms with Crippen molar-refractivity contribution in [3.8, 4) is 0 Å². The summed E-state index contributed by atoms with van der Waals surface area (Å²) in [6.45, 7) is 0. The molecule has 0 atom stereocenters. The van der Waals surface area contributed by atoms with Crippen molar-refractivity contribution in [2.45, 2.75) is 6.16 Å². The average molecular weight is 540 g/mol. The number of rotatable bonds is 5. The van der Waals surface area contributed by atoms with E-state index in [-0.39, 0.29) is 0 Å². The van der Waals surface area contributed by atoms with Crippen LogP contribution in [0, 0.1) is 0 Å². The molecule has 0 aliphatic heterocycles. The van der Waals surface area contributed by atoms with Crippen LogP contribution in [0.2, 0.25) is 0 Å². The molecule has 0 fully saturated rings. The van der Waals surface area contributed by atoms with Crippen molar-refractivity contribution in [2.75, 3.05) is 0 Å². The Balaban J connectivity index is 0.000000412. The second-order valence-corrected chi connectivity index (χ2v) is 11.1. The molecule has 4 aromatic rings. The Labute approximate surface area is 211 Å². The van der Waals surface area contributed by atoms with Crippen molar-refractivity contribution in [1.82, 2.24) is 0 Å². The second-order valence-electron chi connectivity index (χ2n) is 7.64. The van der Waals surface area contributed by atoms with E-state index in [4.69, 9.17) is 0 Å². The maximum atomic E-state index is 9.75. The zero-order chi connectivity index (χ0) is 27.4. The number of halogens is 8. The fraction of sp³-hybridized carbons (Fsp3) is 0.0385. The van der Waals surface area contributed by atoms with E-state index < -0.39 is 21.8 Å². The van der Waals surface area contributed by atoms with Crippen LogP contribution in [-0.2, 0) is 6.16 Å². The molecule has 0 aromatic heterocycles. The maximum absolute atomic E-state index is 9.75. The fourth-order valence-electron chi connectivity index (χ4n) is 3.69. The van der Waals surface area contributed by atoms with Gasteiger partial charge in [0.15, 0.2) is 0 Å². The van der Waals surface area contributed by atoms with E-state index in [9.17, 15) is 34.5 Å². The van der Waals surface area contributed by atoms with Crippen LogP contribution >= 0.6 is 7.26 Å². The van der Waals surface area contributed by atoms with Crippen LogP contribution in [0.5, 0.6) is 0 Å². The Morgan fingerprint density at radius 1 is 0.459 bits per heavy atom. The molecule has 0 N–H and O–H groups in total. The summed E-state index contributed by atoms with van der Waals surface area (Å²) in [6, 6.07) is 46.1. The SMILES string of the molecule is F[B-](F)(F)F.F[B-](F)(F)F.c1ccc([P+](Cc2ccc[cH+]cc2)(c2ccccc2)c2ccccc2)cc1. The molecule has 11 heteroatoms. The van der Waals surface area contributed by atoms with E-state index in [1.54, 1.807) is 0 Å². The maximum Gasteiger partial charge on any atom is 0.673 e. The molecule has 4 rings (SSSR count).